The minimum atomic E-state index is -1.03. The van der Waals surface area contributed by atoms with Crippen LogP contribution in [0.5, 0.6) is 0 Å². The lowest BCUT2D eigenvalue weighted by Gasteiger charge is -2.31. The topological polar surface area (TPSA) is 93.7 Å². The highest BCUT2D eigenvalue weighted by molar-refractivity contribution is 6.22. The molecule has 7 nitrogen and oxygen atoms in total. The zero-order valence-corrected chi connectivity index (χ0v) is 21.5. The molecule has 0 aliphatic heterocycles. The monoisotopic (exact) mass is 460 g/mol. The van der Waals surface area contributed by atoms with Crippen LogP contribution in [-0.4, -0.2) is 46.6 Å². The molecule has 0 bridgehead atoms. The van der Waals surface area contributed by atoms with Crippen LogP contribution in [0.25, 0.3) is 0 Å². The first-order valence-electron chi connectivity index (χ1n) is 10.7. The second kappa shape index (κ2) is 11.7. The Kier molecular flexibility index (Phi) is 11.1. The summed E-state index contributed by atoms with van der Waals surface area (Å²) in [6, 6.07) is -1.88. The Bertz CT molecular complexity index is 647. The van der Waals surface area contributed by atoms with Crippen molar-refractivity contribution < 1.29 is 23.9 Å². The normalized spacial score (nSPS) is 16.0. The highest BCUT2D eigenvalue weighted by atomic mass is 35.5. The van der Waals surface area contributed by atoms with Crippen LogP contribution in [0.1, 0.15) is 75.7 Å². The zero-order chi connectivity index (χ0) is 24.7. The SMILES string of the molecule is C=C(C(C)Cl)[C@H](C)[C@@H](NC(=O)OC(C)(C)C)C(=O)N[C@@H](CC(C)C)C(=O)OC(C)(C)C. The first kappa shape index (κ1) is 29.2. The van der Waals surface area contributed by atoms with Gasteiger partial charge in [0.1, 0.15) is 23.3 Å². The number of alkyl halides is 1. The maximum Gasteiger partial charge on any atom is 0.408 e. The highest BCUT2D eigenvalue weighted by Crippen LogP contribution is 2.22. The van der Waals surface area contributed by atoms with Gasteiger partial charge in [-0.1, -0.05) is 32.9 Å². The molecular formula is C23H41ClN2O5. The van der Waals surface area contributed by atoms with Crippen molar-refractivity contribution >= 4 is 29.6 Å². The molecule has 180 valence electrons. The van der Waals surface area contributed by atoms with Gasteiger partial charge in [-0.2, -0.15) is 0 Å². The molecule has 0 radical (unpaired) electrons. The zero-order valence-electron chi connectivity index (χ0n) is 20.7. The van der Waals surface area contributed by atoms with Crippen molar-refractivity contribution in [3.05, 3.63) is 12.2 Å². The molecule has 0 aliphatic carbocycles. The number of alkyl carbamates (subject to hydrolysis) is 1. The number of hydrogen-bond donors (Lipinski definition) is 2. The average Bonchev–Trinajstić information content (AvgIpc) is 2.53. The predicted octanol–water partition coefficient (Wildman–Crippen LogP) is 4.57. The fraction of sp³-hybridized carbons (Fsp3) is 0.783. The third-order valence-corrected chi connectivity index (χ3v) is 4.55. The average molecular weight is 461 g/mol. The number of carbonyl (C=O) groups excluding carboxylic acids is 3. The standard InChI is InChI=1S/C23H41ClN2O5/c1-13(2)12-17(20(28)30-22(6,7)8)25-19(27)18(15(4)14(3)16(5)24)26-21(29)31-23(9,10)11/h13,15-18H,3,12H2,1-2,4-11H3,(H,25,27)(H,26,29)/t15-,16?,17-,18+/m0/s1. The lowest BCUT2D eigenvalue weighted by molar-refractivity contribution is -0.159. The quantitative estimate of drug-likeness (QED) is 0.298. The van der Waals surface area contributed by atoms with E-state index in [1.165, 1.54) is 0 Å². The molecule has 4 atom stereocenters. The van der Waals surface area contributed by atoms with Crippen LogP contribution in [0.15, 0.2) is 12.2 Å². The first-order valence-corrected chi connectivity index (χ1v) is 11.1. The molecule has 0 saturated carbocycles. The van der Waals surface area contributed by atoms with Crippen molar-refractivity contribution in [3.63, 3.8) is 0 Å². The molecule has 0 heterocycles. The number of ether oxygens (including phenoxy) is 2. The van der Waals surface area contributed by atoms with E-state index in [0.717, 1.165) is 0 Å². The number of amides is 2. The number of nitrogens with one attached hydrogen (secondary N) is 2. The molecule has 2 amide bonds. The third kappa shape index (κ3) is 12.0. The Labute approximate surface area is 192 Å². The second-order valence-electron chi connectivity index (χ2n) is 10.3. The van der Waals surface area contributed by atoms with Gasteiger partial charge in [0.25, 0.3) is 0 Å². The van der Waals surface area contributed by atoms with Gasteiger partial charge >= 0.3 is 12.1 Å². The van der Waals surface area contributed by atoms with Crippen LogP contribution in [-0.2, 0) is 19.1 Å². The summed E-state index contributed by atoms with van der Waals surface area (Å²) in [5.74, 6) is -1.43. The maximum absolute atomic E-state index is 13.2. The van der Waals surface area contributed by atoms with E-state index in [0.29, 0.717) is 12.0 Å². The van der Waals surface area contributed by atoms with Crippen LogP contribution >= 0.6 is 11.6 Å². The smallest absolute Gasteiger partial charge is 0.408 e. The molecule has 0 aromatic carbocycles. The van der Waals surface area contributed by atoms with Crippen LogP contribution in [0.4, 0.5) is 4.79 Å². The Morgan fingerprint density at radius 3 is 1.77 bits per heavy atom. The molecule has 0 fully saturated rings. The predicted molar refractivity (Wildman–Crippen MR) is 124 cm³/mol. The van der Waals surface area contributed by atoms with E-state index >= 15 is 0 Å². The van der Waals surface area contributed by atoms with E-state index in [1.54, 1.807) is 55.4 Å². The van der Waals surface area contributed by atoms with Gasteiger partial charge in [0.05, 0.1) is 5.38 Å². The summed E-state index contributed by atoms with van der Waals surface area (Å²) in [6.07, 6.45) is -0.353. The Morgan fingerprint density at radius 2 is 1.39 bits per heavy atom. The van der Waals surface area contributed by atoms with Gasteiger partial charge < -0.3 is 20.1 Å². The van der Waals surface area contributed by atoms with E-state index < -0.39 is 52.6 Å². The van der Waals surface area contributed by atoms with Gasteiger partial charge in [0, 0.05) is 5.92 Å². The summed E-state index contributed by atoms with van der Waals surface area (Å²) in [6.45, 7) is 21.8. The Balaban J connectivity index is 5.73. The van der Waals surface area contributed by atoms with Crippen molar-refractivity contribution in [2.75, 3.05) is 0 Å². The van der Waals surface area contributed by atoms with Crippen LogP contribution < -0.4 is 10.6 Å². The van der Waals surface area contributed by atoms with Crippen LogP contribution in [0.2, 0.25) is 0 Å². The lowest BCUT2D eigenvalue weighted by Crippen LogP contribution is -2.56. The minimum Gasteiger partial charge on any atom is -0.458 e. The molecule has 1 unspecified atom stereocenters. The number of rotatable bonds is 9. The fourth-order valence-corrected chi connectivity index (χ4v) is 2.95. The summed E-state index contributed by atoms with van der Waals surface area (Å²) in [5.41, 5.74) is -0.849. The van der Waals surface area contributed by atoms with Gasteiger partial charge in [0.15, 0.2) is 0 Å². The molecular weight excluding hydrogens is 420 g/mol. The number of esters is 1. The Hall–Kier alpha value is -1.76. The van der Waals surface area contributed by atoms with Gasteiger partial charge in [-0.15, -0.1) is 11.6 Å². The van der Waals surface area contributed by atoms with E-state index in [-0.39, 0.29) is 5.92 Å². The van der Waals surface area contributed by atoms with E-state index in [9.17, 15) is 14.4 Å². The molecule has 0 aromatic rings. The van der Waals surface area contributed by atoms with Crippen molar-refractivity contribution in [3.8, 4) is 0 Å². The fourth-order valence-electron chi connectivity index (χ4n) is 2.75. The van der Waals surface area contributed by atoms with Gasteiger partial charge in [-0.3, -0.25) is 4.79 Å². The molecule has 31 heavy (non-hydrogen) atoms. The maximum atomic E-state index is 13.2. The minimum absolute atomic E-state index is 0.130. The third-order valence-electron chi connectivity index (χ3n) is 4.27. The molecule has 0 aromatic heterocycles. The molecule has 0 aliphatic rings. The van der Waals surface area contributed by atoms with Crippen LogP contribution in [0, 0.1) is 11.8 Å². The summed E-state index contributed by atoms with van der Waals surface area (Å²) < 4.78 is 10.8. The number of carbonyl (C=O) groups is 3. The second-order valence-corrected chi connectivity index (χ2v) is 11.0. The summed E-state index contributed by atoms with van der Waals surface area (Å²) in [4.78, 5) is 38.3. The molecule has 0 spiro atoms. The Morgan fingerprint density at radius 1 is 0.903 bits per heavy atom. The molecule has 0 saturated heterocycles. The number of hydrogen-bond acceptors (Lipinski definition) is 5. The van der Waals surface area contributed by atoms with Crippen LogP contribution in [0.3, 0.4) is 0 Å². The van der Waals surface area contributed by atoms with E-state index in [1.807, 2.05) is 13.8 Å². The van der Waals surface area contributed by atoms with Gasteiger partial charge in [-0.25, -0.2) is 9.59 Å². The summed E-state index contributed by atoms with van der Waals surface area (Å²) in [7, 11) is 0. The van der Waals surface area contributed by atoms with Crippen molar-refractivity contribution in [1.29, 1.82) is 0 Å². The largest absolute Gasteiger partial charge is 0.458 e. The molecule has 0 rings (SSSR count). The summed E-state index contributed by atoms with van der Waals surface area (Å²) in [5, 5.41) is 4.94. The first-order chi connectivity index (χ1) is 13.8. The van der Waals surface area contributed by atoms with Crippen molar-refractivity contribution in [2.24, 2.45) is 11.8 Å². The van der Waals surface area contributed by atoms with Gasteiger partial charge in [0.2, 0.25) is 5.91 Å². The molecule has 8 heteroatoms. The number of halogens is 1. The highest BCUT2D eigenvalue weighted by Gasteiger charge is 2.35. The van der Waals surface area contributed by atoms with Crippen molar-refractivity contribution in [2.45, 2.75) is 104 Å². The lowest BCUT2D eigenvalue weighted by atomic mass is 9.91. The van der Waals surface area contributed by atoms with E-state index in [4.69, 9.17) is 21.1 Å². The van der Waals surface area contributed by atoms with Gasteiger partial charge in [-0.05, 0) is 60.8 Å². The summed E-state index contributed by atoms with van der Waals surface area (Å²) >= 11 is 6.16. The van der Waals surface area contributed by atoms with E-state index in [2.05, 4.69) is 17.2 Å². The molecule has 2 N–H and O–H groups in total. The van der Waals surface area contributed by atoms with Crippen molar-refractivity contribution in [1.82, 2.24) is 10.6 Å².